The summed E-state index contributed by atoms with van der Waals surface area (Å²) in [5, 5.41) is 2.26. The van der Waals surface area contributed by atoms with E-state index in [9.17, 15) is 27.6 Å². The Hall–Kier alpha value is -4.31. The smallest absolute Gasteiger partial charge is 0.417 e. The predicted octanol–water partition coefficient (Wildman–Crippen LogP) is 5.52. The average molecular weight is 568 g/mol. The van der Waals surface area contributed by atoms with Crippen molar-refractivity contribution in [2.75, 3.05) is 17.3 Å². The highest BCUT2D eigenvalue weighted by atomic mass is 35.5. The van der Waals surface area contributed by atoms with Crippen LogP contribution in [0.2, 0.25) is 5.02 Å². The average Bonchev–Trinajstić information content (AvgIpc) is 3.41. The third kappa shape index (κ3) is 4.02. The van der Waals surface area contributed by atoms with E-state index < -0.39 is 58.4 Å². The lowest BCUT2D eigenvalue weighted by Crippen LogP contribution is -2.46. The fraction of sp³-hybridized carbons (Fsp3) is 0.207. The topological polar surface area (TPSA) is 79.0 Å². The Morgan fingerprint density at radius 3 is 2.38 bits per heavy atom. The van der Waals surface area contributed by atoms with Crippen molar-refractivity contribution in [1.82, 2.24) is 4.90 Å². The maximum atomic E-state index is 13.9. The van der Waals surface area contributed by atoms with Crippen molar-refractivity contribution >= 4 is 46.8 Å². The quantitative estimate of drug-likeness (QED) is 0.420. The van der Waals surface area contributed by atoms with Gasteiger partial charge in [0.15, 0.2) is 0 Å². The number of alkyl halides is 3. The zero-order valence-electron chi connectivity index (χ0n) is 20.9. The van der Waals surface area contributed by atoms with Gasteiger partial charge in [-0.2, -0.15) is 13.2 Å². The monoisotopic (exact) mass is 567 g/mol. The molecule has 3 amide bonds. The molecule has 3 aromatic carbocycles. The van der Waals surface area contributed by atoms with Gasteiger partial charge in [0.25, 0.3) is 0 Å². The lowest BCUT2D eigenvalue weighted by molar-refractivity contribution is -0.137. The van der Waals surface area contributed by atoms with Crippen LogP contribution in [-0.2, 0) is 20.6 Å². The van der Waals surface area contributed by atoms with E-state index in [1.165, 1.54) is 13.2 Å². The molecule has 0 saturated carbocycles. The first-order chi connectivity index (χ1) is 19.1. The van der Waals surface area contributed by atoms with Gasteiger partial charge in [-0.3, -0.25) is 14.4 Å². The maximum Gasteiger partial charge on any atom is 0.417 e. The fourth-order valence-corrected chi connectivity index (χ4v) is 6.10. The van der Waals surface area contributed by atoms with Crippen LogP contribution >= 0.6 is 11.6 Å². The number of anilines is 2. The molecule has 204 valence electrons. The van der Waals surface area contributed by atoms with Gasteiger partial charge in [-0.05, 0) is 59.7 Å². The minimum atomic E-state index is -4.79. The number of imide groups is 1. The van der Waals surface area contributed by atoms with Gasteiger partial charge in [0, 0.05) is 11.9 Å². The zero-order valence-corrected chi connectivity index (χ0v) is 21.6. The van der Waals surface area contributed by atoms with Crippen molar-refractivity contribution in [3.8, 4) is 5.75 Å². The lowest BCUT2D eigenvalue weighted by atomic mass is 9.84. The third-order valence-electron chi connectivity index (χ3n) is 7.60. The number of ether oxygens (including phenoxy) is 1. The summed E-state index contributed by atoms with van der Waals surface area (Å²) in [5.74, 6) is -3.51. The second kappa shape index (κ2) is 9.41. The molecule has 6 rings (SSSR count). The largest absolute Gasteiger partial charge is 0.497 e. The molecule has 3 heterocycles. The molecule has 3 aromatic rings. The Bertz CT molecular complexity index is 1570. The number of halogens is 4. The number of hydrogen-bond donors (Lipinski definition) is 1. The number of benzene rings is 3. The first-order valence-corrected chi connectivity index (χ1v) is 12.7. The molecule has 1 N–H and O–H groups in total. The number of rotatable bonds is 4. The van der Waals surface area contributed by atoms with E-state index in [1.54, 1.807) is 41.4 Å². The Morgan fingerprint density at radius 1 is 0.975 bits per heavy atom. The number of methoxy groups -OCH3 is 1. The van der Waals surface area contributed by atoms with Crippen LogP contribution in [0, 0.1) is 11.8 Å². The molecule has 2 fully saturated rings. The summed E-state index contributed by atoms with van der Waals surface area (Å²) in [5.41, 5.74) is 0.610. The van der Waals surface area contributed by atoms with E-state index in [0.717, 1.165) is 22.1 Å². The highest BCUT2D eigenvalue weighted by Gasteiger charge is 2.64. The van der Waals surface area contributed by atoms with Gasteiger partial charge in [0.2, 0.25) is 17.7 Å². The molecule has 0 spiro atoms. The molecule has 40 heavy (non-hydrogen) atoms. The number of amides is 3. The van der Waals surface area contributed by atoms with Gasteiger partial charge in [0.05, 0.1) is 41.3 Å². The van der Waals surface area contributed by atoms with Crippen LogP contribution in [0.3, 0.4) is 0 Å². The van der Waals surface area contributed by atoms with E-state index in [4.69, 9.17) is 16.3 Å². The lowest BCUT2D eigenvalue weighted by Gasteiger charge is -2.35. The Kier molecular flexibility index (Phi) is 6.10. The Labute approximate surface area is 231 Å². The fourth-order valence-electron chi connectivity index (χ4n) is 5.87. The predicted molar refractivity (Wildman–Crippen MR) is 141 cm³/mol. The standard InChI is InChI=1S/C29H21ClF3N3O4/c1-40-18-9-6-16(7-10-18)34-26(37)25-23-22(24-19-5-3-2-4-15(19)12-13-35(24)25)27(38)36(28(23)39)17-8-11-21(30)20(14-17)29(31,32)33/h2-14,22-25H,1H3,(H,34,37). The molecule has 11 heteroatoms. The minimum Gasteiger partial charge on any atom is -0.497 e. The highest BCUT2D eigenvalue weighted by Crippen LogP contribution is 2.53. The van der Waals surface area contributed by atoms with Gasteiger partial charge in [-0.15, -0.1) is 0 Å². The molecule has 4 atom stereocenters. The van der Waals surface area contributed by atoms with Crippen molar-refractivity contribution in [2.24, 2.45) is 11.8 Å². The molecule has 3 aliphatic heterocycles. The second-order valence-corrected chi connectivity index (χ2v) is 10.1. The summed E-state index contributed by atoms with van der Waals surface area (Å²) in [7, 11) is 1.51. The van der Waals surface area contributed by atoms with Crippen LogP contribution in [0.4, 0.5) is 24.5 Å². The molecule has 0 radical (unpaired) electrons. The molecular formula is C29H21ClF3N3O4. The summed E-state index contributed by atoms with van der Waals surface area (Å²) >= 11 is 5.78. The second-order valence-electron chi connectivity index (χ2n) is 9.72. The number of carbonyl (C=O) groups excluding carboxylic acids is 3. The van der Waals surface area contributed by atoms with Gasteiger partial charge in [-0.25, -0.2) is 4.90 Å². The molecule has 7 nitrogen and oxygen atoms in total. The van der Waals surface area contributed by atoms with E-state index in [2.05, 4.69) is 5.32 Å². The van der Waals surface area contributed by atoms with Crippen LogP contribution in [-0.4, -0.2) is 35.8 Å². The molecule has 0 aromatic heterocycles. The van der Waals surface area contributed by atoms with Crippen LogP contribution < -0.4 is 15.0 Å². The Morgan fingerprint density at radius 2 is 1.68 bits per heavy atom. The van der Waals surface area contributed by atoms with Gasteiger partial charge in [-0.1, -0.05) is 35.9 Å². The zero-order chi connectivity index (χ0) is 28.3. The van der Waals surface area contributed by atoms with Crippen molar-refractivity contribution in [1.29, 1.82) is 0 Å². The van der Waals surface area contributed by atoms with E-state index in [1.807, 2.05) is 24.3 Å². The maximum absolute atomic E-state index is 13.9. The van der Waals surface area contributed by atoms with Gasteiger partial charge in [0.1, 0.15) is 11.8 Å². The van der Waals surface area contributed by atoms with E-state index in [-0.39, 0.29) is 5.69 Å². The number of hydrogen-bond acceptors (Lipinski definition) is 5. The first kappa shape index (κ1) is 25.9. The van der Waals surface area contributed by atoms with Crippen molar-refractivity contribution < 1.29 is 32.3 Å². The molecule has 0 bridgehead atoms. The van der Waals surface area contributed by atoms with Crippen LogP contribution in [0.25, 0.3) is 6.08 Å². The summed E-state index contributed by atoms with van der Waals surface area (Å²) in [6.45, 7) is 0. The van der Waals surface area contributed by atoms with Gasteiger partial charge < -0.3 is 15.0 Å². The van der Waals surface area contributed by atoms with Gasteiger partial charge >= 0.3 is 6.18 Å². The summed E-state index contributed by atoms with van der Waals surface area (Å²) < 4.78 is 46.0. The van der Waals surface area contributed by atoms with Crippen LogP contribution in [0.15, 0.2) is 72.9 Å². The number of fused-ring (bicyclic) bond motifs is 5. The van der Waals surface area contributed by atoms with Crippen LogP contribution in [0.5, 0.6) is 5.75 Å². The molecular weight excluding hydrogens is 547 g/mol. The van der Waals surface area contributed by atoms with E-state index in [0.29, 0.717) is 17.5 Å². The third-order valence-corrected chi connectivity index (χ3v) is 7.93. The van der Waals surface area contributed by atoms with Crippen molar-refractivity contribution in [3.05, 3.63) is 94.6 Å². The Balaban J connectivity index is 1.42. The number of nitrogens with zero attached hydrogens (tertiary/aromatic N) is 2. The summed E-state index contributed by atoms with van der Waals surface area (Å²) in [4.78, 5) is 44.0. The molecule has 3 aliphatic rings. The molecule has 2 saturated heterocycles. The van der Waals surface area contributed by atoms with Crippen molar-refractivity contribution in [2.45, 2.75) is 18.3 Å². The van der Waals surface area contributed by atoms with Crippen LogP contribution in [0.1, 0.15) is 22.7 Å². The van der Waals surface area contributed by atoms with Crippen molar-refractivity contribution in [3.63, 3.8) is 0 Å². The number of carbonyl (C=O) groups is 3. The molecule has 0 aliphatic carbocycles. The molecule has 4 unspecified atom stereocenters. The summed E-state index contributed by atoms with van der Waals surface area (Å²) in [6.07, 6.45) is -1.29. The minimum absolute atomic E-state index is 0.248. The highest BCUT2D eigenvalue weighted by molar-refractivity contribution is 6.32. The van der Waals surface area contributed by atoms with E-state index >= 15 is 0 Å². The SMILES string of the molecule is COc1ccc(NC(=O)C2C3C(=O)N(c4ccc(Cl)c(C(F)(F)F)c4)C(=O)C3C3c4ccccc4C=CN23)cc1. The summed E-state index contributed by atoms with van der Waals surface area (Å²) in [6, 6.07) is 15.0. The normalized spacial score (nSPS) is 23.1. The number of nitrogens with one attached hydrogen (secondary N) is 1. The first-order valence-electron chi connectivity index (χ1n) is 12.3.